The molecule has 2 aromatic rings. The van der Waals surface area contributed by atoms with E-state index in [0.717, 1.165) is 10.4 Å². The van der Waals surface area contributed by atoms with Crippen LogP contribution < -0.4 is 5.73 Å². The molecule has 0 fully saturated rings. The molecular weight excluding hydrogens is 214 g/mol. The highest BCUT2D eigenvalue weighted by atomic mass is 35.5. The maximum absolute atomic E-state index is 6.09. The van der Waals surface area contributed by atoms with Crippen LogP contribution in [0.2, 0.25) is 5.02 Å². The maximum Gasteiger partial charge on any atom is 0.0492 e. The number of benzene rings is 1. The van der Waals surface area contributed by atoms with Gasteiger partial charge in [-0.3, -0.25) is 0 Å². The van der Waals surface area contributed by atoms with E-state index in [-0.39, 0.29) is 5.54 Å². The van der Waals surface area contributed by atoms with E-state index >= 15 is 0 Å². The molecule has 0 aliphatic carbocycles. The van der Waals surface area contributed by atoms with Crippen LogP contribution in [0.1, 0.15) is 18.7 Å². The summed E-state index contributed by atoms with van der Waals surface area (Å²) in [5, 5.41) is 1.90. The van der Waals surface area contributed by atoms with Crippen molar-refractivity contribution in [3.05, 3.63) is 34.2 Å². The second-order valence-electron chi connectivity index (χ2n) is 3.98. The first kappa shape index (κ1) is 9.97. The summed E-state index contributed by atoms with van der Waals surface area (Å²) in [4.78, 5) is 1.17. The minimum absolute atomic E-state index is 0.285. The first-order chi connectivity index (χ1) is 6.48. The number of fused-ring (bicyclic) bond motifs is 1. The molecule has 0 atom stereocenters. The van der Waals surface area contributed by atoms with Gasteiger partial charge in [-0.1, -0.05) is 17.7 Å². The van der Waals surface area contributed by atoms with E-state index in [1.165, 1.54) is 9.58 Å². The lowest BCUT2D eigenvalue weighted by Crippen LogP contribution is -2.27. The van der Waals surface area contributed by atoms with E-state index in [1.807, 2.05) is 26.0 Å². The molecule has 1 aromatic heterocycles. The molecule has 74 valence electrons. The Morgan fingerprint density at radius 2 is 2.07 bits per heavy atom. The molecule has 0 amide bonds. The lowest BCUT2D eigenvalue weighted by atomic mass is 10.0. The lowest BCUT2D eigenvalue weighted by molar-refractivity contribution is 0.567. The van der Waals surface area contributed by atoms with Crippen LogP contribution in [-0.4, -0.2) is 0 Å². The summed E-state index contributed by atoms with van der Waals surface area (Å²) < 4.78 is 1.20. The summed E-state index contributed by atoms with van der Waals surface area (Å²) in [6.45, 7) is 4.01. The topological polar surface area (TPSA) is 26.0 Å². The van der Waals surface area contributed by atoms with Crippen LogP contribution in [0.5, 0.6) is 0 Å². The van der Waals surface area contributed by atoms with Crippen molar-refractivity contribution < 1.29 is 0 Å². The number of thiophene rings is 1. The van der Waals surface area contributed by atoms with Gasteiger partial charge in [-0.2, -0.15) is 0 Å². The molecule has 14 heavy (non-hydrogen) atoms. The minimum Gasteiger partial charge on any atom is -0.321 e. The summed E-state index contributed by atoms with van der Waals surface area (Å²) in [6.07, 6.45) is 0. The van der Waals surface area contributed by atoms with E-state index in [1.54, 1.807) is 11.3 Å². The van der Waals surface area contributed by atoms with Gasteiger partial charge in [0.1, 0.15) is 0 Å². The normalized spacial score (nSPS) is 12.3. The second-order valence-corrected chi connectivity index (χ2v) is 5.47. The van der Waals surface area contributed by atoms with Crippen molar-refractivity contribution in [3.8, 4) is 0 Å². The Balaban J connectivity index is 2.69. The highest BCUT2D eigenvalue weighted by Crippen LogP contribution is 2.35. The van der Waals surface area contributed by atoms with Gasteiger partial charge in [-0.25, -0.2) is 0 Å². The molecule has 0 radical (unpaired) electrons. The molecule has 2 rings (SSSR count). The van der Waals surface area contributed by atoms with Crippen LogP contribution in [0.4, 0.5) is 0 Å². The average molecular weight is 226 g/mol. The fourth-order valence-corrected chi connectivity index (χ4v) is 2.73. The van der Waals surface area contributed by atoms with Crippen LogP contribution in [0, 0.1) is 0 Å². The third-order valence-electron chi connectivity index (χ3n) is 2.14. The zero-order valence-electron chi connectivity index (χ0n) is 8.17. The van der Waals surface area contributed by atoms with Gasteiger partial charge in [0, 0.05) is 25.5 Å². The minimum atomic E-state index is -0.285. The smallest absolute Gasteiger partial charge is 0.0492 e. The maximum atomic E-state index is 6.09. The zero-order valence-corrected chi connectivity index (χ0v) is 9.75. The van der Waals surface area contributed by atoms with Gasteiger partial charge in [0.15, 0.2) is 0 Å². The Kier molecular flexibility index (Phi) is 2.30. The number of rotatable bonds is 1. The van der Waals surface area contributed by atoms with Gasteiger partial charge in [-0.05, 0) is 32.0 Å². The van der Waals surface area contributed by atoms with Gasteiger partial charge in [-0.15, -0.1) is 11.3 Å². The van der Waals surface area contributed by atoms with Gasteiger partial charge >= 0.3 is 0 Å². The van der Waals surface area contributed by atoms with Crippen LogP contribution in [0.15, 0.2) is 24.3 Å². The molecule has 0 saturated carbocycles. The summed E-state index contributed by atoms with van der Waals surface area (Å²) in [5.41, 5.74) is 5.75. The molecule has 0 unspecified atom stereocenters. The van der Waals surface area contributed by atoms with Crippen LogP contribution in [-0.2, 0) is 5.54 Å². The Labute approximate surface area is 92.5 Å². The first-order valence-corrected chi connectivity index (χ1v) is 5.65. The van der Waals surface area contributed by atoms with Gasteiger partial charge in [0.25, 0.3) is 0 Å². The van der Waals surface area contributed by atoms with Gasteiger partial charge in [0.2, 0.25) is 0 Å². The molecule has 1 heterocycles. The summed E-state index contributed by atoms with van der Waals surface area (Å²) in [7, 11) is 0. The van der Waals surface area contributed by atoms with E-state index in [2.05, 4.69) is 12.1 Å². The Morgan fingerprint density at radius 3 is 2.64 bits per heavy atom. The Bertz CT molecular complexity index is 468. The predicted molar refractivity (Wildman–Crippen MR) is 64.0 cm³/mol. The molecule has 1 nitrogen and oxygen atoms in total. The van der Waals surface area contributed by atoms with Crippen molar-refractivity contribution in [3.63, 3.8) is 0 Å². The fraction of sp³-hybridized carbons (Fsp3) is 0.273. The summed E-state index contributed by atoms with van der Waals surface area (Å²) in [6, 6.07) is 8.03. The molecule has 0 aliphatic heterocycles. The highest BCUT2D eigenvalue weighted by molar-refractivity contribution is 7.19. The number of hydrogen-bond donors (Lipinski definition) is 1. The average Bonchev–Trinajstić information content (AvgIpc) is 2.48. The standard InChI is InChI=1S/C11H12ClNS/c1-11(2,13)10-6-7-8(12)4-3-5-9(7)14-10/h3-6H,13H2,1-2H3. The van der Waals surface area contributed by atoms with E-state index < -0.39 is 0 Å². The van der Waals surface area contributed by atoms with Crippen LogP contribution in [0.3, 0.4) is 0 Å². The van der Waals surface area contributed by atoms with E-state index in [0.29, 0.717) is 0 Å². The SMILES string of the molecule is CC(C)(N)c1cc2c(Cl)cccc2s1. The van der Waals surface area contributed by atoms with Crippen molar-refractivity contribution >= 4 is 33.0 Å². The number of hydrogen-bond acceptors (Lipinski definition) is 2. The summed E-state index contributed by atoms with van der Waals surface area (Å²) in [5.74, 6) is 0. The van der Waals surface area contributed by atoms with Crippen molar-refractivity contribution in [1.29, 1.82) is 0 Å². The van der Waals surface area contributed by atoms with Crippen molar-refractivity contribution in [2.24, 2.45) is 5.73 Å². The monoisotopic (exact) mass is 225 g/mol. The second kappa shape index (κ2) is 3.23. The van der Waals surface area contributed by atoms with Crippen LogP contribution in [0.25, 0.3) is 10.1 Å². The summed E-state index contributed by atoms with van der Waals surface area (Å²) >= 11 is 7.80. The van der Waals surface area contributed by atoms with Gasteiger partial charge in [0.05, 0.1) is 0 Å². The number of nitrogens with two attached hydrogens (primary N) is 1. The van der Waals surface area contributed by atoms with Crippen molar-refractivity contribution in [2.75, 3.05) is 0 Å². The first-order valence-electron chi connectivity index (χ1n) is 4.46. The Morgan fingerprint density at radius 1 is 1.36 bits per heavy atom. The molecule has 0 bridgehead atoms. The molecule has 0 spiro atoms. The van der Waals surface area contributed by atoms with Gasteiger partial charge < -0.3 is 5.73 Å². The van der Waals surface area contributed by atoms with E-state index in [9.17, 15) is 0 Å². The number of halogens is 1. The zero-order chi connectivity index (χ0) is 10.3. The van der Waals surface area contributed by atoms with Crippen molar-refractivity contribution in [2.45, 2.75) is 19.4 Å². The largest absolute Gasteiger partial charge is 0.321 e. The molecular formula is C11H12ClNS. The molecule has 3 heteroatoms. The third kappa shape index (κ3) is 1.65. The third-order valence-corrected chi connectivity index (χ3v) is 3.91. The van der Waals surface area contributed by atoms with Crippen molar-refractivity contribution in [1.82, 2.24) is 0 Å². The molecule has 0 aliphatic rings. The Hall–Kier alpha value is -0.570. The fourth-order valence-electron chi connectivity index (χ4n) is 1.34. The predicted octanol–water partition coefficient (Wildman–Crippen LogP) is 3.75. The highest BCUT2D eigenvalue weighted by Gasteiger charge is 2.17. The quantitative estimate of drug-likeness (QED) is 0.786. The molecule has 2 N–H and O–H groups in total. The molecule has 1 aromatic carbocycles. The molecule has 0 saturated heterocycles. The van der Waals surface area contributed by atoms with E-state index in [4.69, 9.17) is 17.3 Å². The lowest BCUT2D eigenvalue weighted by Gasteiger charge is -2.15. The van der Waals surface area contributed by atoms with Crippen LogP contribution >= 0.6 is 22.9 Å².